The third kappa shape index (κ3) is 8.85. The summed E-state index contributed by atoms with van der Waals surface area (Å²) in [6.07, 6.45) is 0. The van der Waals surface area contributed by atoms with Crippen molar-refractivity contribution in [3.8, 4) is 0 Å². The van der Waals surface area contributed by atoms with E-state index in [1.807, 2.05) is 0 Å². The molecule has 0 saturated carbocycles. The maximum atomic E-state index is 9.10. The van der Waals surface area contributed by atoms with Gasteiger partial charge in [0.05, 0.1) is 11.2 Å². The zero-order valence-electron chi connectivity index (χ0n) is 15.8. The second-order valence-electron chi connectivity index (χ2n) is 6.86. The molecule has 0 aliphatic heterocycles. The highest BCUT2D eigenvalue weighted by molar-refractivity contribution is 6.30. The molecule has 0 spiro atoms. The van der Waals surface area contributed by atoms with Crippen LogP contribution in [0, 0.1) is 0 Å². The van der Waals surface area contributed by atoms with Gasteiger partial charge in [-0.2, -0.15) is 0 Å². The SMILES string of the molecule is CC(C)(O)C(C)(C)O.CN(C)c1cccc2ccccc12.OB(O)O. The van der Waals surface area contributed by atoms with Gasteiger partial charge in [0.1, 0.15) is 0 Å². The van der Waals surface area contributed by atoms with Crippen molar-refractivity contribution < 1.29 is 25.3 Å². The van der Waals surface area contributed by atoms with E-state index in [4.69, 9.17) is 25.3 Å². The van der Waals surface area contributed by atoms with E-state index in [1.54, 1.807) is 27.7 Å². The quantitative estimate of drug-likeness (QED) is 0.524. The van der Waals surface area contributed by atoms with E-state index in [0.29, 0.717) is 0 Å². The van der Waals surface area contributed by atoms with Crippen LogP contribution in [-0.4, -0.2) is 57.9 Å². The number of rotatable bonds is 2. The van der Waals surface area contributed by atoms with E-state index in [9.17, 15) is 0 Å². The monoisotopic (exact) mass is 351 g/mol. The second kappa shape index (κ2) is 9.75. The number of hydrogen-bond donors (Lipinski definition) is 5. The number of anilines is 1. The fourth-order valence-electron chi connectivity index (χ4n) is 1.60. The Morgan fingerprint density at radius 1 is 0.760 bits per heavy atom. The Morgan fingerprint density at radius 3 is 1.56 bits per heavy atom. The lowest BCUT2D eigenvalue weighted by atomic mass is 9.90. The van der Waals surface area contributed by atoms with Crippen molar-refractivity contribution in [2.45, 2.75) is 38.9 Å². The molecule has 0 heterocycles. The maximum absolute atomic E-state index is 9.10. The summed E-state index contributed by atoms with van der Waals surface area (Å²) < 4.78 is 0. The standard InChI is InChI=1S/C12H13N.C6H14O2.BH3O3/c1-13(2)12-9-5-7-10-6-3-4-8-11(10)12;1-5(2,7)6(3,4)8;2-1(3)4/h3-9H,1-2H3;7-8H,1-4H3;2-4H. The van der Waals surface area contributed by atoms with E-state index in [2.05, 4.69) is 61.5 Å². The molecule has 0 saturated heterocycles. The van der Waals surface area contributed by atoms with Crippen LogP contribution in [0.2, 0.25) is 0 Å². The van der Waals surface area contributed by atoms with Gasteiger partial charge in [-0.15, -0.1) is 0 Å². The first kappa shape index (κ1) is 23.4. The van der Waals surface area contributed by atoms with Crippen LogP contribution >= 0.6 is 0 Å². The van der Waals surface area contributed by atoms with Crippen LogP contribution in [0.5, 0.6) is 0 Å². The summed E-state index contributed by atoms with van der Waals surface area (Å²) in [5, 5.41) is 42.3. The Labute approximate surface area is 150 Å². The molecule has 0 unspecified atom stereocenters. The van der Waals surface area contributed by atoms with Gasteiger partial charge in [-0.05, 0) is 39.1 Å². The van der Waals surface area contributed by atoms with Crippen LogP contribution in [-0.2, 0) is 0 Å². The Bertz CT molecular complexity index is 613. The van der Waals surface area contributed by atoms with Crippen molar-refractivity contribution in [3.63, 3.8) is 0 Å². The van der Waals surface area contributed by atoms with E-state index < -0.39 is 18.5 Å². The molecule has 0 aliphatic rings. The highest BCUT2D eigenvalue weighted by atomic mass is 16.5. The lowest BCUT2D eigenvalue weighted by molar-refractivity contribution is -0.107. The first-order valence-electron chi connectivity index (χ1n) is 7.91. The Balaban J connectivity index is 0.000000413. The van der Waals surface area contributed by atoms with Gasteiger partial charge >= 0.3 is 7.32 Å². The molecular formula is C18H30BNO5. The summed E-state index contributed by atoms with van der Waals surface area (Å²) >= 11 is 0. The first-order valence-corrected chi connectivity index (χ1v) is 7.91. The molecule has 0 atom stereocenters. The van der Waals surface area contributed by atoms with Crippen LogP contribution in [0.1, 0.15) is 27.7 Å². The van der Waals surface area contributed by atoms with Gasteiger partial charge in [0.25, 0.3) is 0 Å². The summed E-state index contributed by atoms with van der Waals surface area (Å²) in [7, 11) is 1.98. The number of benzene rings is 2. The van der Waals surface area contributed by atoms with Gasteiger partial charge in [-0.1, -0.05) is 36.4 Å². The molecule has 2 aromatic rings. The lowest BCUT2D eigenvalue weighted by Crippen LogP contribution is -2.44. The Morgan fingerprint density at radius 2 is 1.16 bits per heavy atom. The van der Waals surface area contributed by atoms with Crippen molar-refractivity contribution in [1.29, 1.82) is 0 Å². The Hall–Kier alpha value is -1.64. The summed E-state index contributed by atoms with van der Waals surface area (Å²) in [5.41, 5.74) is -0.738. The third-order valence-electron chi connectivity index (χ3n) is 3.75. The zero-order chi connectivity index (χ0) is 19.8. The predicted molar refractivity (Wildman–Crippen MR) is 103 cm³/mol. The molecule has 7 heteroatoms. The summed E-state index contributed by atoms with van der Waals surface area (Å²) in [5.74, 6) is 0. The fourth-order valence-corrected chi connectivity index (χ4v) is 1.60. The summed E-state index contributed by atoms with van der Waals surface area (Å²) in [6, 6.07) is 14.8. The smallest absolute Gasteiger partial charge is 0.402 e. The molecule has 0 aliphatic carbocycles. The minimum atomic E-state index is -2.17. The largest absolute Gasteiger partial charge is 0.631 e. The van der Waals surface area contributed by atoms with E-state index in [0.717, 1.165) is 0 Å². The van der Waals surface area contributed by atoms with Crippen LogP contribution in [0.4, 0.5) is 5.69 Å². The fraction of sp³-hybridized carbons (Fsp3) is 0.444. The van der Waals surface area contributed by atoms with Crippen molar-refractivity contribution in [1.82, 2.24) is 0 Å². The predicted octanol–water partition coefficient (Wildman–Crippen LogP) is 1.38. The Kier molecular flexibility index (Phi) is 9.11. The maximum Gasteiger partial charge on any atom is 0.631 e. The molecular weight excluding hydrogens is 321 g/mol. The molecule has 0 aromatic heterocycles. The van der Waals surface area contributed by atoms with Gasteiger partial charge in [0.2, 0.25) is 0 Å². The second-order valence-corrected chi connectivity index (χ2v) is 6.86. The van der Waals surface area contributed by atoms with Gasteiger partial charge in [-0.3, -0.25) is 0 Å². The molecule has 25 heavy (non-hydrogen) atoms. The molecule has 0 bridgehead atoms. The molecule has 2 rings (SSSR count). The average Bonchev–Trinajstić information content (AvgIpc) is 2.44. The van der Waals surface area contributed by atoms with Crippen molar-refractivity contribution in [2.24, 2.45) is 0 Å². The lowest BCUT2D eigenvalue weighted by Gasteiger charge is -2.31. The number of hydrogen-bond acceptors (Lipinski definition) is 6. The van der Waals surface area contributed by atoms with Crippen molar-refractivity contribution >= 4 is 23.8 Å². The zero-order valence-corrected chi connectivity index (χ0v) is 15.8. The van der Waals surface area contributed by atoms with Gasteiger partial charge < -0.3 is 30.2 Å². The van der Waals surface area contributed by atoms with Crippen molar-refractivity contribution in [3.05, 3.63) is 42.5 Å². The summed E-state index contributed by atoms with van der Waals surface area (Å²) in [4.78, 5) is 2.14. The molecule has 2 aromatic carbocycles. The number of fused-ring (bicyclic) bond motifs is 1. The minimum absolute atomic E-state index is 1.01. The normalized spacial score (nSPS) is 11.0. The highest BCUT2D eigenvalue weighted by Gasteiger charge is 2.31. The molecule has 0 fully saturated rings. The van der Waals surface area contributed by atoms with E-state index in [1.165, 1.54) is 16.5 Å². The summed E-state index contributed by atoms with van der Waals surface area (Å²) in [6.45, 7) is 6.31. The minimum Gasteiger partial charge on any atom is -0.402 e. The van der Waals surface area contributed by atoms with Gasteiger partial charge in [-0.25, -0.2) is 0 Å². The third-order valence-corrected chi connectivity index (χ3v) is 3.75. The molecule has 0 radical (unpaired) electrons. The first-order chi connectivity index (χ1) is 11.3. The van der Waals surface area contributed by atoms with Crippen LogP contribution in [0.3, 0.4) is 0 Å². The number of nitrogens with zero attached hydrogens (tertiary/aromatic N) is 1. The van der Waals surface area contributed by atoms with Gasteiger partial charge in [0.15, 0.2) is 0 Å². The molecule has 0 amide bonds. The van der Waals surface area contributed by atoms with Crippen LogP contribution < -0.4 is 4.90 Å². The topological polar surface area (TPSA) is 104 Å². The molecule has 140 valence electrons. The molecule has 6 nitrogen and oxygen atoms in total. The van der Waals surface area contributed by atoms with E-state index >= 15 is 0 Å². The number of aliphatic hydroxyl groups is 2. The molecule has 5 N–H and O–H groups in total. The highest BCUT2D eigenvalue weighted by Crippen LogP contribution is 2.24. The average molecular weight is 351 g/mol. The van der Waals surface area contributed by atoms with Crippen LogP contribution in [0.15, 0.2) is 42.5 Å². The van der Waals surface area contributed by atoms with Crippen molar-refractivity contribution in [2.75, 3.05) is 19.0 Å². The van der Waals surface area contributed by atoms with Crippen LogP contribution in [0.25, 0.3) is 10.8 Å². The van der Waals surface area contributed by atoms with Gasteiger partial charge in [0, 0.05) is 25.2 Å². The van der Waals surface area contributed by atoms with E-state index in [-0.39, 0.29) is 0 Å².